The molecule has 6 heteroatoms. The van der Waals surface area contributed by atoms with E-state index in [0.717, 1.165) is 38.1 Å². The van der Waals surface area contributed by atoms with Crippen LogP contribution < -0.4 is 16.0 Å². The van der Waals surface area contributed by atoms with Crippen LogP contribution in [0.2, 0.25) is 0 Å². The van der Waals surface area contributed by atoms with Gasteiger partial charge in [-0.3, -0.25) is 9.59 Å². The van der Waals surface area contributed by atoms with Crippen LogP contribution in [0.3, 0.4) is 0 Å². The van der Waals surface area contributed by atoms with Crippen LogP contribution in [-0.2, 0) is 16.1 Å². The monoisotopic (exact) mass is 345 g/mol. The van der Waals surface area contributed by atoms with Crippen LogP contribution in [0.25, 0.3) is 0 Å². The first-order chi connectivity index (χ1) is 12.1. The predicted molar refractivity (Wildman–Crippen MR) is 95.1 cm³/mol. The van der Waals surface area contributed by atoms with Crippen LogP contribution in [0, 0.1) is 11.8 Å². The lowest BCUT2D eigenvalue weighted by molar-refractivity contribution is -0.126. The van der Waals surface area contributed by atoms with Crippen molar-refractivity contribution in [2.45, 2.75) is 32.4 Å². The molecule has 2 aliphatic heterocycles. The van der Waals surface area contributed by atoms with E-state index in [2.05, 4.69) is 16.0 Å². The zero-order valence-electron chi connectivity index (χ0n) is 14.7. The molecule has 0 aliphatic carbocycles. The molecule has 0 radical (unpaired) electrons. The summed E-state index contributed by atoms with van der Waals surface area (Å²) in [5, 5.41) is 9.08. The maximum atomic E-state index is 12.3. The van der Waals surface area contributed by atoms with Gasteiger partial charge in [0, 0.05) is 31.2 Å². The van der Waals surface area contributed by atoms with Gasteiger partial charge >= 0.3 is 0 Å². The summed E-state index contributed by atoms with van der Waals surface area (Å²) >= 11 is 0. The lowest BCUT2D eigenvalue weighted by atomic mass is 9.88. The van der Waals surface area contributed by atoms with Crippen molar-refractivity contribution in [3.63, 3.8) is 0 Å². The summed E-state index contributed by atoms with van der Waals surface area (Å²) in [7, 11) is 0. The lowest BCUT2D eigenvalue weighted by Crippen LogP contribution is -2.49. The molecule has 2 fully saturated rings. The van der Waals surface area contributed by atoms with E-state index in [1.54, 1.807) is 6.07 Å². The summed E-state index contributed by atoms with van der Waals surface area (Å²) < 4.78 is 5.52. The zero-order chi connectivity index (χ0) is 17.6. The number of carbonyl (C=O) groups excluding carboxylic acids is 2. The van der Waals surface area contributed by atoms with E-state index in [1.807, 2.05) is 25.1 Å². The molecule has 3 rings (SSSR count). The summed E-state index contributed by atoms with van der Waals surface area (Å²) in [5.41, 5.74) is 1.54. The highest BCUT2D eigenvalue weighted by Gasteiger charge is 2.28. The fourth-order valence-electron chi connectivity index (χ4n) is 3.17. The van der Waals surface area contributed by atoms with E-state index >= 15 is 0 Å². The Kier molecular flexibility index (Phi) is 6.04. The van der Waals surface area contributed by atoms with Gasteiger partial charge in [-0.15, -0.1) is 0 Å². The van der Waals surface area contributed by atoms with Crippen molar-refractivity contribution in [2.75, 3.05) is 26.2 Å². The minimum absolute atomic E-state index is 0.0131. The molecular weight excluding hydrogens is 318 g/mol. The van der Waals surface area contributed by atoms with Crippen LogP contribution in [0.15, 0.2) is 24.3 Å². The van der Waals surface area contributed by atoms with Gasteiger partial charge in [0.15, 0.2) is 0 Å². The molecule has 2 aliphatic rings. The van der Waals surface area contributed by atoms with Crippen LogP contribution >= 0.6 is 0 Å². The minimum Gasteiger partial charge on any atom is -0.376 e. The van der Waals surface area contributed by atoms with E-state index in [9.17, 15) is 9.59 Å². The second-order valence-electron chi connectivity index (χ2n) is 6.97. The number of ether oxygens (including phenoxy) is 1. The Morgan fingerprint density at radius 3 is 2.84 bits per heavy atom. The van der Waals surface area contributed by atoms with Crippen molar-refractivity contribution >= 4 is 11.8 Å². The molecule has 2 unspecified atom stereocenters. The number of amides is 2. The number of hydrogen-bond acceptors (Lipinski definition) is 4. The quantitative estimate of drug-likeness (QED) is 0.691. The highest BCUT2D eigenvalue weighted by atomic mass is 16.5. The average molecular weight is 345 g/mol. The summed E-state index contributed by atoms with van der Waals surface area (Å²) in [6, 6.07) is 7.40. The van der Waals surface area contributed by atoms with Gasteiger partial charge in [0.2, 0.25) is 5.91 Å². The van der Waals surface area contributed by atoms with Crippen molar-refractivity contribution in [1.82, 2.24) is 16.0 Å². The fraction of sp³-hybridized carbons (Fsp3) is 0.579. The lowest BCUT2D eigenvalue weighted by Gasteiger charge is -2.31. The van der Waals surface area contributed by atoms with Gasteiger partial charge in [-0.2, -0.15) is 0 Å². The second-order valence-corrected chi connectivity index (χ2v) is 6.97. The van der Waals surface area contributed by atoms with Crippen molar-refractivity contribution in [3.05, 3.63) is 35.4 Å². The van der Waals surface area contributed by atoms with Crippen molar-refractivity contribution in [3.8, 4) is 0 Å². The van der Waals surface area contributed by atoms with Crippen LogP contribution in [0.4, 0.5) is 0 Å². The molecule has 0 bridgehead atoms. The van der Waals surface area contributed by atoms with Crippen LogP contribution in [0.1, 0.15) is 35.7 Å². The van der Waals surface area contributed by atoms with E-state index in [4.69, 9.17) is 4.74 Å². The van der Waals surface area contributed by atoms with E-state index in [0.29, 0.717) is 24.6 Å². The van der Waals surface area contributed by atoms with E-state index < -0.39 is 0 Å². The summed E-state index contributed by atoms with van der Waals surface area (Å²) in [6.45, 7) is 5.56. The van der Waals surface area contributed by atoms with Crippen LogP contribution in [-0.4, -0.2) is 44.2 Å². The third-order valence-electron chi connectivity index (χ3n) is 5.10. The third-order valence-corrected chi connectivity index (χ3v) is 5.10. The Hall–Kier alpha value is -1.92. The maximum Gasteiger partial charge on any atom is 0.251 e. The maximum absolute atomic E-state index is 12.3. The summed E-state index contributed by atoms with van der Waals surface area (Å²) in [5.74, 6) is 0.409. The van der Waals surface area contributed by atoms with E-state index in [-0.39, 0.29) is 23.8 Å². The SMILES string of the molecule is CC(C(=O)NCc1cccc(C(=O)NCC2CCCO2)c1)C1CNC1. The van der Waals surface area contributed by atoms with Gasteiger partial charge in [-0.1, -0.05) is 19.1 Å². The molecule has 1 aromatic rings. The molecule has 0 spiro atoms. The topological polar surface area (TPSA) is 79.5 Å². The highest BCUT2D eigenvalue weighted by molar-refractivity contribution is 5.94. The standard InChI is InChI=1S/C19H27N3O3/c1-13(16-10-20-11-16)18(23)21-9-14-4-2-5-15(8-14)19(24)22-12-17-6-3-7-25-17/h2,4-5,8,13,16-17,20H,3,6-7,9-12H2,1H3,(H,21,23)(H,22,24). The molecule has 3 N–H and O–H groups in total. The predicted octanol–water partition coefficient (Wildman–Crippen LogP) is 1.07. The number of benzene rings is 1. The summed E-state index contributed by atoms with van der Waals surface area (Å²) in [6.07, 6.45) is 2.19. The fourth-order valence-corrected chi connectivity index (χ4v) is 3.17. The van der Waals surface area contributed by atoms with Crippen molar-refractivity contribution in [1.29, 1.82) is 0 Å². The van der Waals surface area contributed by atoms with Crippen LogP contribution in [0.5, 0.6) is 0 Å². The Labute approximate surface area is 148 Å². The first kappa shape index (κ1) is 17.9. The Bertz CT molecular complexity index is 610. The zero-order valence-corrected chi connectivity index (χ0v) is 14.7. The first-order valence-electron chi connectivity index (χ1n) is 9.10. The van der Waals surface area contributed by atoms with Crippen molar-refractivity contribution < 1.29 is 14.3 Å². The van der Waals surface area contributed by atoms with Gasteiger partial charge in [-0.05, 0) is 49.5 Å². The first-order valence-corrected chi connectivity index (χ1v) is 9.10. The number of nitrogens with one attached hydrogen (secondary N) is 3. The number of hydrogen-bond donors (Lipinski definition) is 3. The second kappa shape index (κ2) is 8.45. The van der Waals surface area contributed by atoms with Gasteiger partial charge in [0.05, 0.1) is 6.10 Å². The molecule has 6 nitrogen and oxygen atoms in total. The molecule has 25 heavy (non-hydrogen) atoms. The third kappa shape index (κ3) is 4.80. The molecular formula is C19H27N3O3. The molecule has 0 aromatic heterocycles. The molecule has 2 amide bonds. The van der Waals surface area contributed by atoms with Gasteiger partial charge in [-0.25, -0.2) is 0 Å². The average Bonchev–Trinajstić information content (AvgIpc) is 3.09. The molecule has 0 saturated carbocycles. The largest absolute Gasteiger partial charge is 0.376 e. The molecule has 2 heterocycles. The van der Waals surface area contributed by atoms with Crippen molar-refractivity contribution in [2.24, 2.45) is 11.8 Å². The van der Waals surface area contributed by atoms with E-state index in [1.165, 1.54) is 0 Å². The van der Waals surface area contributed by atoms with Gasteiger partial charge < -0.3 is 20.7 Å². The normalized spacial score (nSPS) is 21.4. The molecule has 2 atom stereocenters. The minimum atomic E-state index is -0.0995. The molecule has 1 aromatic carbocycles. The Morgan fingerprint density at radius 2 is 2.16 bits per heavy atom. The molecule has 2 saturated heterocycles. The Morgan fingerprint density at radius 1 is 1.32 bits per heavy atom. The Balaban J connectivity index is 1.48. The molecule has 136 valence electrons. The smallest absolute Gasteiger partial charge is 0.251 e. The summed E-state index contributed by atoms with van der Waals surface area (Å²) in [4.78, 5) is 24.5. The highest BCUT2D eigenvalue weighted by Crippen LogP contribution is 2.16. The van der Waals surface area contributed by atoms with Gasteiger partial charge in [0.1, 0.15) is 0 Å². The number of carbonyl (C=O) groups is 2. The number of rotatable bonds is 7. The van der Waals surface area contributed by atoms with Gasteiger partial charge in [0.25, 0.3) is 5.91 Å².